The molecule has 21 heavy (non-hydrogen) atoms. The zero-order valence-electron chi connectivity index (χ0n) is 12.3. The van der Waals surface area contributed by atoms with E-state index in [0.717, 1.165) is 18.6 Å². The van der Waals surface area contributed by atoms with Crippen LogP contribution < -0.4 is 10.9 Å². The summed E-state index contributed by atoms with van der Waals surface area (Å²) in [5, 5.41) is 13.3. The van der Waals surface area contributed by atoms with Crippen LogP contribution in [-0.2, 0) is 6.54 Å². The second kappa shape index (κ2) is 7.09. The fourth-order valence-electron chi connectivity index (χ4n) is 2.47. The van der Waals surface area contributed by atoms with E-state index in [2.05, 4.69) is 10.3 Å². The summed E-state index contributed by atoms with van der Waals surface area (Å²) >= 11 is 1.51. The highest BCUT2D eigenvalue weighted by Crippen LogP contribution is 2.20. The van der Waals surface area contributed by atoms with Crippen molar-refractivity contribution in [3.63, 3.8) is 0 Å². The lowest BCUT2D eigenvalue weighted by Gasteiger charge is -2.20. The molecule has 2 rings (SSSR count). The van der Waals surface area contributed by atoms with Crippen LogP contribution >= 0.6 is 11.8 Å². The lowest BCUT2D eigenvalue weighted by atomic mass is 9.96. The zero-order chi connectivity index (χ0) is 15.4. The Morgan fingerprint density at radius 3 is 2.90 bits per heavy atom. The van der Waals surface area contributed by atoms with Gasteiger partial charge >= 0.3 is 0 Å². The van der Waals surface area contributed by atoms with Gasteiger partial charge in [0.2, 0.25) is 0 Å². The van der Waals surface area contributed by atoms with Crippen molar-refractivity contribution in [2.45, 2.75) is 44.5 Å². The minimum Gasteiger partial charge on any atom is -0.391 e. The van der Waals surface area contributed by atoms with Crippen LogP contribution in [0.15, 0.2) is 16.1 Å². The lowest BCUT2D eigenvalue weighted by molar-refractivity contribution is 0.0814. The van der Waals surface area contributed by atoms with Gasteiger partial charge in [0.25, 0.3) is 11.5 Å². The van der Waals surface area contributed by atoms with Gasteiger partial charge in [0.05, 0.1) is 6.10 Å². The molecule has 0 saturated heterocycles. The zero-order valence-corrected chi connectivity index (χ0v) is 13.2. The van der Waals surface area contributed by atoms with Crippen molar-refractivity contribution in [2.75, 3.05) is 12.3 Å². The summed E-state index contributed by atoms with van der Waals surface area (Å²) in [6.45, 7) is 4.76. The Balaban J connectivity index is 2.03. The molecular weight excluding hydrogens is 290 g/mol. The first kappa shape index (κ1) is 16.0. The Morgan fingerprint density at radius 1 is 1.52 bits per heavy atom. The van der Waals surface area contributed by atoms with Crippen LogP contribution in [0.1, 0.15) is 37.0 Å². The number of carbonyl (C=O) groups is 1. The SMILES string of the molecule is CCC(CC)C(O)CNC(=O)c1cnc2n(c1=O)CCS2. The number of carbonyl (C=O) groups excluding carboxylic acids is 1. The molecule has 2 heterocycles. The highest BCUT2D eigenvalue weighted by atomic mass is 32.2. The van der Waals surface area contributed by atoms with E-state index >= 15 is 0 Å². The summed E-state index contributed by atoms with van der Waals surface area (Å²) in [7, 11) is 0. The average Bonchev–Trinajstić information content (AvgIpc) is 2.96. The number of amides is 1. The molecule has 0 aromatic carbocycles. The summed E-state index contributed by atoms with van der Waals surface area (Å²) in [4.78, 5) is 28.4. The number of thioether (sulfide) groups is 1. The van der Waals surface area contributed by atoms with Gasteiger partial charge in [0.1, 0.15) is 5.56 Å². The van der Waals surface area contributed by atoms with Gasteiger partial charge < -0.3 is 10.4 Å². The van der Waals surface area contributed by atoms with Gasteiger partial charge in [-0.15, -0.1) is 0 Å². The van der Waals surface area contributed by atoms with Crippen LogP contribution in [-0.4, -0.2) is 39.0 Å². The van der Waals surface area contributed by atoms with E-state index in [1.54, 1.807) is 0 Å². The van der Waals surface area contributed by atoms with E-state index in [1.807, 2.05) is 13.8 Å². The maximum absolute atomic E-state index is 12.2. The number of nitrogens with one attached hydrogen (secondary N) is 1. The van der Waals surface area contributed by atoms with Crippen LogP contribution in [0.4, 0.5) is 0 Å². The number of fused-ring (bicyclic) bond motifs is 1. The quantitative estimate of drug-likeness (QED) is 0.762. The molecule has 0 fully saturated rings. The average molecular weight is 311 g/mol. The van der Waals surface area contributed by atoms with Gasteiger partial charge in [-0.05, 0) is 5.92 Å². The molecule has 116 valence electrons. The fraction of sp³-hybridized carbons (Fsp3) is 0.643. The molecule has 1 atom stereocenters. The summed E-state index contributed by atoms with van der Waals surface area (Å²) in [5.74, 6) is 0.492. The summed E-state index contributed by atoms with van der Waals surface area (Å²) in [6.07, 6.45) is 2.44. The molecule has 2 N–H and O–H groups in total. The van der Waals surface area contributed by atoms with Crippen molar-refractivity contribution < 1.29 is 9.90 Å². The molecule has 1 aliphatic heterocycles. The minimum absolute atomic E-state index is 0.0398. The Hall–Kier alpha value is -1.34. The van der Waals surface area contributed by atoms with Crippen LogP contribution in [0.2, 0.25) is 0 Å². The van der Waals surface area contributed by atoms with Crippen molar-refractivity contribution in [3.8, 4) is 0 Å². The number of nitrogens with zero attached hydrogens (tertiary/aromatic N) is 2. The highest BCUT2D eigenvalue weighted by molar-refractivity contribution is 7.99. The van der Waals surface area contributed by atoms with Gasteiger partial charge in [-0.2, -0.15) is 0 Å². The van der Waals surface area contributed by atoms with Crippen molar-refractivity contribution in [3.05, 3.63) is 22.1 Å². The van der Waals surface area contributed by atoms with Crippen LogP contribution in [0, 0.1) is 5.92 Å². The van der Waals surface area contributed by atoms with Gasteiger partial charge in [0, 0.05) is 25.0 Å². The van der Waals surface area contributed by atoms with E-state index < -0.39 is 12.0 Å². The number of rotatable bonds is 6. The van der Waals surface area contributed by atoms with Crippen molar-refractivity contribution in [2.24, 2.45) is 5.92 Å². The van der Waals surface area contributed by atoms with Gasteiger partial charge in [-0.3, -0.25) is 14.2 Å². The molecule has 1 amide bonds. The number of hydrogen-bond acceptors (Lipinski definition) is 5. The molecule has 1 unspecified atom stereocenters. The summed E-state index contributed by atoms with van der Waals surface area (Å²) < 4.78 is 1.52. The van der Waals surface area contributed by atoms with Crippen molar-refractivity contribution in [1.82, 2.24) is 14.9 Å². The first-order valence-electron chi connectivity index (χ1n) is 7.27. The molecule has 1 aromatic heterocycles. The normalized spacial score (nSPS) is 15.0. The number of aromatic nitrogens is 2. The maximum atomic E-state index is 12.2. The maximum Gasteiger partial charge on any atom is 0.267 e. The van der Waals surface area contributed by atoms with Crippen molar-refractivity contribution >= 4 is 17.7 Å². The highest BCUT2D eigenvalue weighted by Gasteiger charge is 2.21. The molecule has 1 aliphatic rings. The Kier molecular flexibility index (Phi) is 5.41. The van der Waals surface area contributed by atoms with Crippen LogP contribution in [0.25, 0.3) is 0 Å². The standard InChI is InChI=1S/C14H21N3O3S/c1-3-9(4-2)11(18)8-15-12(19)10-7-16-14-17(13(10)20)5-6-21-14/h7,9,11,18H,3-6,8H2,1-2H3,(H,15,19). The third-order valence-electron chi connectivity index (χ3n) is 3.87. The number of aliphatic hydroxyl groups excluding tert-OH is 1. The summed E-state index contributed by atoms with van der Waals surface area (Å²) in [5.41, 5.74) is -0.266. The smallest absolute Gasteiger partial charge is 0.267 e. The topological polar surface area (TPSA) is 84.2 Å². The van der Waals surface area contributed by atoms with Crippen LogP contribution in [0.5, 0.6) is 0 Å². The van der Waals surface area contributed by atoms with Gasteiger partial charge in [-0.1, -0.05) is 38.5 Å². The molecule has 0 spiro atoms. The summed E-state index contributed by atoms with van der Waals surface area (Å²) in [6, 6.07) is 0. The Bertz CT molecular complexity index is 569. The number of aliphatic hydroxyl groups is 1. The van der Waals surface area contributed by atoms with E-state index in [-0.39, 0.29) is 23.6 Å². The third-order valence-corrected chi connectivity index (χ3v) is 4.84. The number of hydrogen-bond donors (Lipinski definition) is 2. The van der Waals surface area contributed by atoms with E-state index in [4.69, 9.17) is 0 Å². The molecule has 7 heteroatoms. The second-order valence-electron chi connectivity index (χ2n) is 5.11. The molecule has 1 aromatic rings. The van der Waals surface area contributed by atoms with E-state index in [9.17, 15) is 14.7 Å². The lowest BCUT2D eigenvalue weighted by Crippen LogP contribution is -2.39. The molecular formula is C14H21N3O3S. The monoisotopic (exact) mass is 311 g/mol. The minimum atomic E-state index is -0.593. The predicted octanol–water partition coefficient (Wildman–Crippen LogP) is 0.876. The molecule has 0 radical (unpaired) electrons. The van der Waals surface area contributed by atoms with Gasteiger partial charge in [-0.25, -0.2) is 4.98 Å². The van der Waals surface area contributed by atoms with Gasteiger partial charge in [0.15, 0.2) is 5.16 Å². The first-order valence-corrected chi connectivity index (χ1v) is 8.25. The van der Waals surface area contributed by atoms with Crippen molar-refractivity contribution in [1.29, 1.82) is 0 Å². The van der Waals surface area contributed by atoms with Crippen LogP contribution in [0.3, 0.4) is 0 Å². The third kappa shape index (κ3) is 3.47. The molecule has 0 bridgehead atoms. The Labute approximate surface area is 128 Å². The largest absolute Gasteiger partial charge is 0.391 e. The predicted molar refractivity (Wildman–Crippen MR) is 81.6 cm³/mol. The van der Waals surface area contributed by atoms with E-state index in [1.165, 1.54) is 22.5 Å². The second-order valence-corrected chi connectivity index (χ2v) is 6.18. The molecule has 0 saturated carbocycles. The van der Waals surface area contributed by atoms with E-state index in [0.29, 0.717) is 11.7 Å². The Morgan fingerprint density at radius 2 is 2.24 bits per heavy atom. The molecule has 0 aliphatic carbocycles. The first-order chi connectivity index (χ1) is 10.1. The fourth-order valence-corrected chi connectivity index (χ4v) is 3.38. The molecule has 6 nitrogen and oxygen atoms in total.